The topological polar surface area (TPSA) is 90.3 Å². The van der Waals surface area contributed by atoms with E-state index in [1.807, 2.05) is 61.5 Å². The number of fused-ring (bicyclic) bond motifs is 1. The Labute approximate surface area is 180 Å². The number of methoxy groups -OCH3 is 1. The Morgan fingerprint density at radius 1 is 1.16 bits per heavy atom. The number of rotatable bonds is 5. The van der Waals surface area contributed by atoms with Crippen LogP contribution in [-0.2, 0) is 13.0 Å². The lowest BCUT2D eigenvalue weighted by atomic mass is 9.83. The van der Waals surface area contributed by atoms with Gasteiger partial charge < -0.3 is 19.8 Å². The van der Waals surface area contributed by atoms with Crippen LogP contribution >= 0.6 is 0 Å². The first-order valence-corrected chi connectivity index (χ1v) is 10.0. The minimum Gasteiger partial charge on any atom is -0.496 e. The van der Waals surface area contributed by atoms with Crippen LogP contribution in [0, 0.1) is 18.3 Å². The lowest BCUT2D eigenvalue weighted by Gasteiger charge is -2.28. The van der Waals surface area contributed by atoms with Gasteiger partial charge in [-0.25, -0.2) is 0 Å². The number of ether oxygens (including phenoxy) is 2. The molecule has 2 aromatic carbocycles. The third-order valence-corrected chi connectivity index (χ3v) is 5.61. The van der Waals surface area contributed by atoms with Crippen LogP contribution in [0.5, 0.6) is 11.5 Å². The van der Waals surface area contributed by atoms with Crippen molar-refractivity contribution in [2.75, 3.05) is 7.11 Å². The second kappa shape index (κ2) is 8.41. The summed E-state index contributed by atoms with van der Waals surface area (Å²) >= 11 is 0. The van der Waals surface area contributed by atoms with Gasteiger partial charge in [0.1, 0.15) is 23.1 Å². The number of benzene rings is 2. The fourth-order valence-electron chi connectivity index (χ4n) is 4.07. The smallest absolute Gasteiger partial charge is 0.258 e. The second-order valence-corrected chi connectivity index (χ2v) is 7.42. The van der Waals surface area contributed by atoms with E-state index >= 15 is 0 Å². The molecule has 0 bridgehead atoms. The minimum absolute atomic E-state index is 0.00624. The first-order valence-electron chi connectivity index (χ1n) is 10.0. The molecule has 4 rings (SSSR count). The van der Waals surface area contributed by atoms with Crippen LogP contribution in [0.25, 0.3) is 0 Å². The summed E-state index contributed by atoms with van der Waals surface area (Å²) < 4.78 is 13.0. The first-order chi connectivity index (χ1) is 15.0. The van der Waals surface area contributed by atoms with Crippen LogP contribution in [0.2, 0.25) is 0 Å². The lowest BCUT2D eigenvalue weighted by molar-refractivity contribution is 0.382. The molecule has 2 heterocycles. The van der Waals surface area contributed by atoms with Crippen LogP contribution in [0.15, 0.2) is 76.9 Å². The molecule has 0 aliphatic carbocycles. The minimum atomic E-state index is -0.666. The van der Waals surface area contributed by atoms with Crippen molar-refractivity contribution in [2.45, 2.75) is 25.8 Å². The highest BCUT2D eigenvalue weighted by molar-refractivity contribution is 5.58. The number of aromatic nitrogens is 1. The van der Waals surface area contributed by atoms with Crippen molar-refractivity contribution in [3.8, 4) is 17.6 Å². The molecule has 0 unspecified atom stereocenters. The number of allylic oxidation sites excluding steroid dienone is 1. The normalized spacial score (nSPS) is 15.1. The van der Waals surface area contributed by atoms with E-state index < -0.39 is 5.92 Å². The molecule has 156 valence electrons. The van der Waals surface area contributed by atoms with E-state index in [1.165, 1.54) is 0 Å². The zero-order valence-electron chi connectivity index (χ0n) is 17.5. The van der Waals surface area contributed by atoms with Crippen LogP contribution in [0.4, 0.5) is 0 Å². The predicted octanol–water partition coefficient (Wildman–Crippen LogP) is 3.63. The lowest BCUT2D eigenvalue weighted by Crippen LogP contribution is -2.33. The van der Waals surface area contributed by atoms with Crippen LogP contribution < -0.4 is 20.8 Å². The summed E-state index contributed by atoms with van der Waals surface area (Å²) in [7, 11) is 1.56. The molecule has 1 atom stereocenters. The SMILES string of the molecule is COc1ccccc1[C@H]1C(C#N)=C(N)Oc2cc(C)n(CCc3ccccc3)c(=O)c21. The van der Waals surface area contributed by atoms with E-state index in [9.17, 15) is 10.1 Å². The molecule has 0 spiro atoms. The maximum atomic E-state index is 13.7. The Morgan fingerprint density at radius 2 is 1.87 bits per heavy atom. The summed E-state index contributed by atoms with van der Waals surface area (Å²) in [6.07, 6.45) is 0.712. The molecule has 0 saturated heterocycles. The Morgan fingerprint density at radius 3 is 2.58 bits per heavy atom. The maximum Gasteiger partial charge on any atom is 0.258 e. The van der Waals surface area contributed by atoms with E-state index in [0.717, 1.165) is 11.3 Å². The summed E-state index contributed by atoms with van der Waals surface area (Å²) in [4.78, 5) is 13.7. The van der Waals surface area contributed by atoms with Gasteiger partial charge in [0.25, 0.3) is 5.56 Å². The summed E-state index contributed by atoms with van der Waals surface area (Å²) in [5.41, 5.74) is 9.10. The standard InChI is InChI=1S/C25H23N3O3/c1-16-14-21-23(25(29)28(16)13-12-17-8-4-3-5-9-17)22(19(15-26)24(27)31-21)18-10-6-7-11-20(18)30-2/h3-11,14,22H,12-13,27H2,1-2H3/t22-/m0/s1. The second-order valence-electron chi connectivity index (χ2n) is 7.42. The van der Waals surface area contributed by atoms with E-state index in [2.05, 4.69) is 6.07 Å². The average molecular weight is 413 g/mol. The summed E-state index contributed by atoms with van der Waals surface area (Å²) in [6.45, 7) is 2.38. The van der Waals surface area contributed by atoms with Crippen molar-refractivity contribution in [1.82, 2.24) is 4.57 Å². The van der Waals surface area contributed by atoms with Crippen LogP contribution in [0.1, 0.15) is 28.3 Å². The molecule has 0 amide bonds. The van der Waals surface area contributed by atoms with Crippen molar-refractivity contribution in [1.29, 1.82) is 5.26 Å². The van der Waals surface area contributed by atoms with Gasteiger partial charge in [0, 0.05) is 23.9 Å². The third-order valence-electron chi connectivity index (χ3n) is 5.61. The molecule has 0 saturated carbocycles. The molecule has 6 heteroatoms. The first kappa shape index (κ1) is 20.3. The van der Waals surface area contributed by atoms with Gasteiger partial charge in [-0.05, 0) is 25.0 Å². The van der Waals surface area contributed by atoms with Gasteiger partial charge in [0.15, 0.2) is 0 Å². The number of para-hydroxylation sites is 1. The monoisotopic (exact) mass is 413 g/mol. The van der Waals surface area contributed by atoms with Gasteiger partial charge in [0.2, 0.25) is 5.88 Å². The largest absolute Gasteiger partial charge is 0.496 e. The molecule has 3 aromatic rings. The highest BCUT2D eigenvalue weighted by atomic mass is 16.5. The van der Waals surface area contributed by atoms with Gasteiger partial charge in [-0.15, -0.1) is 0 Å². The van der Waals surface area contributed by atoms with Crippen molar-refractivity contribution >= 4 is 0 Å². The number of nitriles is 1. The van der Waals surface area contributed by atoms with E-state index in [0.29, 0.717) is 35.6 Å². The van der Waals surface area contributed by atoms with Crippen molar-refractivity contribution in [3.63, 3.8) is 0 Å². The fraction of sp³-hybridized carbons (Fsp3) is 0.200. The average Bonchev–Trinajstić information content (AvgIpc) is 2.78. The Kier molecular flexibility index (Phi) is 5.50. The summed E-state index contributed by atoms with van der Waals surface area (Å²) in [5, 5.41) is 9.83. The summed E-state index contributed by atoms with van der Waals surface area (Å²) in [6, 6.07) is 21.3. The van der Waals surface area contributed by atoms with E-state index in [4.69, 9.17) is 15.2 Å². The number of hydrogen-bond acceptors (Lipinski definition) is 5. The van der Waals surface area contributed by atoms with Gasteiger partial charge in [0.05, 0.1) is 18.6 Å². The number of nitrogens with two attached hydrogens (primary N) is 1. The Bertz CT molecular complexity index is 1250. The van der Waals surface area contributed by atoms with Crippen molar-refractivity contribution in [3.05, 3.63) is 105 Å². The zero-order chi connectivity index (χ0) is 22.0. The predicted molar refractivity (Wildman–Crippen MR) is 118 cm³/mol. The van der Waals surface area contributed by atoms with Gasteiger partial charge in [-0.2, -0.15) is 5.26 Å². The number of hydrogen-bond donors (Lipinski definition) is 1. The number of pyridine rings is 1. The molecule has 0 fully saturated rings. The van der Waals surface area contributed by atoms with Crippen molar-refractivity contribution in [2.24, 2.45) is 5.73 Å². The van der Waals surface area contributed by atoms with E-state index in [-0.39, 0.29) is 17.0 Å². The van der Waals surface area contributed by atoms with Gasteiger partial charge in [-0.3, -0.25) is 4.79 Å². The molecule has 1 aromatic heterocycles. The molecule has 31 heavy (non-hydrogen) atoms. The molecule has 1 aliphatic rings. The quantitative estimate of drug-likeness (QED) is 0.690. The molecule has 1 aliphatic heterocycles. The molecular formula is C25H23N3O3. The van der Waals surface area contributed by atoms with Gasteiger partial charge >= 0.3 is 0 Å². The Balaban J connectivity index is 1.87. The van der Waals surface area contributed by atoms with Crippen LogP contribution in [-0.4, -0.2) is 11.7 Å². The van der Waals surface area contributed by atoms with Crippen LogP contribution in [0.3, 0.4) is 0 Å². The maximum absolute atomic E-state index is 13.7. The highest BCUT2D eigenvalue weighted by Gasteiger charge is 2.35. The number of aryl methyl sites for hydroxylation is 2. The Hall–Kier alpha value is -3.98. The molecular weight excluding hydrogens is 390 g/mol. The fourth-order valence-corrected chi connectivity index (χ4v) is 4.07. The van der Waals surface area contributed by atoms with E-state index in [1.54, 1.807) is 17.7 Å². The molecule has 0 radical (unpaired) electrons. The molecule has 2 N–H and O–H groups in total. The van der Waals surface area contributed by atoms with Gasteiger partial charge in [-0.1, -0.05) is 48.5 Å². The van der Waals surface area contributed by atoms with Crippen molar-refractivity contribution < 1.29 is 9.47 Å². The highest BCUT2D eigenvalue weighted by Crippen LogP contribution is 2.43. The number of nitrogens with zero attached hydrogens (tertiary/aromatic N) is 2. The third kappa shape index (κ3) is 3.66. The summed E-state index contributed by atoms with van der Waals surface area (Å²) in [5.74, 6) is 0.301. The zero-order valence-corrected chi connectivity index (χ0v) is 17.5. The molecule has 6 nitrogen and oxygen atoms in total.